The average Bonchev–Trinajstić information content (AvgIpc) is 2.78. The molecule has 0 aliphatic rings. The number of hydrogen-bond acceptors (Lipinski definition) is 5. The van der Waals surface area contributed by atoms with Crippen LogP contribution in [0.4, 0.5) is 9.18 Å². The lowest BCUT2D eigenvalue weighted by atomic mass is 10.3. The normalized spacial score (nSPS) is 9.85. The van der Waals surface area contributed by atoms with Crippen molar-refractivity contribution in [3.63, 3.8) is 0 Å². The molecule has 0 aromatic carbocycles. The Morgan fingerprint density at radius 3 is 3.10 bits per heavy atom. The maximum atomic E-state index is 13.1. The van der Waals surface area contributed by atoms with Gasteiger partial charge in [0.05, 0.1) is 12.7 Å². The Hall–Kier alpha value is -2.17. The summed E-state index contributed by atoms with van der Waals surface area (Å²) in [6, 6.07) is 1.25. The fourth-order valence-electron chi connectivity index (χ4n) is 1.25. The number of pyridine rings is 1. The predicted molar refractivity (Wildman–Crippen MR) is 73.2 cm³/mol. The summed E-state index contributed by atoms with van der Waals surface area (Å²) in [4.78, 5) is 19.0. The first-order valence-electron chi connectivity index (χ1n) is 5.26. The molecular weight excluding hydrogens is 305 g/mol. The monoisotopic (exact) mass is 311 g/mol. The number of amides is 1. The van der Waals surface area contributed by atoms with Crippen molar-refractivity contribution in [1.82, 2.24) is 15.3 Å². The highest BCUT2D eigenvalue weighted by Crippen LogP contribution is 2.36. The molecule has 2 aromatic heterocycles. The van der Waals surface area contributed by atoms with Gasteiger partial charge in [0.2, 0.25) is 5.06 Å². The molecule has 102 valence electrons. The molecule has 0 aliphatic carbocycles. The van der Waals surface area contributed by atoms with Crippen LogP contribution >= 0.6 is 22.9 Å². The first kappa shape index (κ1) is 14.2. The van der Waals surface area contributed by atoms with Gasteiger partial charge >= 0.3 is 6.09 Å². The number of hydrogen-bond donors (Lipinski definition) is 1. The largest absolute Gasteiger partial charge is 0.414 e. The highest BCUT2D eigenvalue weighted by molar-refractivity contribution is 7.17. The Bertz CT molecular complexity index is 684. The third-order valence-corrected chi connectivity index (χ3v) is 3.38. The molecule has 2 rings (SSSR count). The fourth-order valence-corrected chi connectivity index (χ4v) is 2.32. The van der Waals surface area contributed by atoms with Gasteiger partial charge in [0.25, 0.3) is 0 Å². The topological polar surface area (TPSA) is 64.1 Å². The van der Waals surface area contributed by atoms with Crippen molar-refractivity contribution in [2.75, 3.05) is 6.54 Å². The summed E-state index contributed by atoms with van der Waals surface area (Å²) >= 11 is 6.85. The lowest BCUT2D eigenvalue weighted by molar-refractivity contribution is 0.203. The van der Waals surface area contributed by atoms with Gasteiger partial charge in [-0.1, -0.05) is 28.9 Å². The van der Waals surface area contributed by atoms with E-state index in [1.54, 1.807) is 0 Å². The number of nitrogens with one attached hydrogen (secondary N) is 1. The van der Waals surface area contributed by atoms with Gasteiger partial charge in [0.1, 0.15) is 10.8 Å². The van der Waals surface area contributed by atoms with Crippen LogP contribution in [0.15, 0.2) is 18.5 Å². The molecule has 2 aromatic rings. The highest BCUT2D eigenvalue weighted by atomic mass is 35.5. The van der Waals surface area contributed by atoms with E-state index in [0.29, 0.717) is 10.6 Å². The molecule has 2 heterocycles. The lowest BCUT2D eigenvalue weighted by Gasteiger charge is -2.00. The molecule has 0 radical (unpaired) electrons. The number of rotatable bonds is 3. The second kappa shape index (κ2) is 6.32. The van der Waals surface area contributed by atoms with E-state index >= 15 is 0 Å². The molecule has 5 nitrogen and oxygen atoms in total. The van der Waals surface area contributed by atoms with Crippen molar-refractivity contribution in [1.29, 1.82) is 0 Å². The lowest BCUT2D eigenvalue weighted by Crippen LogP contribution is -2.26. The van der Waals surface area contributed by atoms with Gasteiger partial charge in [-0.2, -0.15) is 0 Å². The first-order chi connectivity index (χ1) is 9.60. The predicted octanol–water partition coefficient (Wildman–Crippen LogP) is 2.72. The SMILES string of the molecule is C#CCNC(=O)Oc1sc(-c2cncc(F)c2)nc1Cl. The van der Waals surface area contributed by atoms with Crippen LogP contribution in [0.25, 0.3) is 10.6 Å². The minimum absolute atomic E-state index is 0.00474. The number of nitrogens with zero attached hydrogens (tertiary/aromatic N) is 2. The Morgan fingerprint density at radius 1 is 1.60 bits per heavy atom. The molecule has 20 heavy (non-hydrogen) atoms. The van der Waals surface area contributed by atoms with Gasteiger partial charge in [-0.3, -0.25) is 4.98 Å². The zero-order chi connectivity index (χ0) is 14.5. The Morgan fingerprint density at radius 2 is 2.40 bits per heavy atom. The molecule has 1 amide bonds. The zero-order valence-corrected chi connectivity index (χ0v) is 11.5. The van der Waals surface area contributed by atoms with Crippen LogP contribution in [-0.4, -0.2) is 22.6 Å². The van der Waals surface area contributed by atoms with Gasteiger partial charge in [-0.05, 0) is 6.07 Å². The number of halogens is 2. The molecule has 0 aliphatic heterocycles. The van der Waals surface area contributed by atoms with Crippen molar-refractivity contribution in [2.24, 2.45) is 0 Å². The number of terminal acetylenes is 1. The van der Waals surface area contributed by atoms with E-state index in [1.165, 1.54) is 12.3 Å². The molecule has 8 heteroatoms. The summed E-state index contributed by atoms with van der Waals surface area (Å²) in [5, 5.41) is 2.81. The Balaban J connectivity index is 2.18. The third kappa shape index (κ3) is 3.44. The minimum atomic E-state index is -0.739. The highest BCUT2D eigenvalue weighted by Gasteiger charge is 2.15. The van der Waals surface area contributed by atoms with Gasteiger partial charge in [-0.25, -0.2) is 14.2 Å². The van der Waals surface area contributed by atoms with Crippen molar-refractivity contribution in [3.05, 3.63) is 29.4 Å². The van der Waals surface area contributed by atoms with Crippen molar-refractivity contribution in [2.45, 2.75) is 0 Å². The van der Waals surface area contributed by atoms with Crippen LogP contribution in [0.5, 0.6) is 5.06 Å². The summed E-state index contributed by atoms with van der Waals surface area (Å²) in [6.45, 7) is 0.0376. The van der Waals surface area contributed by atoms with E-state index in [2.05, 4.69) is 21.2 Å². The van der Waals surface area contributed by atoms with Crippen molar-refractivity contribution < 1.29 is 13.9 Å². The Kier molecular flexibility index (Phi) is 4.50. The van der Waals surface area contributed by atoms with E-state index in [9.17, 15) is 9.18 Å². The summed E-state index contributed by atoms with van der Waals surface area (Å²) in [7, 11) is 0. The molecular formula is C12H7ClFN3O2S. The van der Waals surface area contributed by atoms with Crippen molar-refractivity contribution >= 4 is 29.0 Å². The van der Waals surface area contributed by atoms with Crippen LogP contribution in [0.1, 0.15) is 0 Å². The minimum Gasteiger partial charge on any atom is -0.396 e. The smallest absolute Gasteiger partial charge is 0.396 e. The Labute approximate surface area is 122 Å². The maximum absolute atomic E-state index is 13.1. The molecule has 0 bridgehead atoms. The van der Waals surface area contributed by atoms with Crippen LogP contribution in [0, 0.1) is 18.2 Å². The van der Waals surface area contributed by atoms with Gasteiger partial charge in [0.15, 0.2) is 5.15 Å². The number of ether oxygens (including phenoxy) is 1. The van der Waals surface area contributed by atoms with E-state index in [1.807, 2.05) is 0 Å². The molecule has 0 atom stereocenters. The van der Waals surface area contributed by atoms with E-state index in [-0.39, 0.29) is 16.8 Å². The number of aromatic nitrogens is 2. The molecule has 0 saturated carbocycles. The number of thiazole rings is 1. The second-order valence-electron chi connectivity index (χ2n) is 3.44. The molecule has 0 spiro atoms. The second-order valence-corrected chi connectivity index (χ2v) is 4.76. The van der Waals surface area contributed by atoms with Crippen LogP contribution in [-0.2, 0) is 0 Å². The van der Waals surface area contributed by atoms with Crippen LogP contribution in [0.2, 0.25) is 5.15 Å². The molecule has 1 N–H and O–H groups in total. The van der Waals surface area contributed by atoms with Crippen LogP contribution < -0.4 is 10.1 Å². The first-order valence-corrected chi connectivity index (χ1v) is 6.46. The summed E-state index contributed by atoms with van der Waals surface area (Å²) in [5.41, 5.74) is 0.441. The summed E-state index contributed by atoms with van der Waals surface area (Å²) in [5.74, 6) is 1.73. The fraction of sp³-hybridized carbons (Fsp3) is 0.0833. The standard InChI is InChI=1S/C12H7ClFN3O2S/c1-2-3-16-12(18)19-11-9(13)17-10(20-11)7-4-8(14)6-15-5-7/h1,4-6H,3H2,(H,16,18). The number of carbonyl (C=O) groups is 1. The molecule has 0 unspecified atom stereocenters. The summed E-state index contributed by atoms with van der Waals surface area (Å²) in [6.07, 6.45) is 6.76. The van der Waals surface area contributed by atoms with E-state index in [4.69, 9.17) is 22.8 Å². The summed E-state index contributed by atoms with van der Waals surface area (Å²) < 4.78 is 18.0. The third-order valence-electron chi connectivity index (χ3n) is 2.03. The quantitative estimate of drug-likeness (QED) is 0.885. The maximum Gasteiger partial charge on any atom is 0.414 e. The van der Waals surface area contributed by atoms with Crippen molar-refractivity contribution in [3.8, 4) is 28.0 Å². The van der Waals surface area contributed by atoms with Gasteiger partial charge < -0.3 is 10.1 Å². The van der Waals surface area contributed by atoms with E-state index < -0.39 is 11.9 Å². The number of carbonyl (C=O) groups excluding carboxylic acids is 1. The van der Waals surface area contributed by atoms with E-state index in [0.717, 1.165) is 17.5 Å². The molecule has 0 fully saturated rings. The van der Waals surface area contributed by atoms with Gasteiger partial charge in [-0.15, -0.1) is 6.42 Å². The molecule has 0 saturated heterocycles. The zero-order valence-electron chi connectivity index (χ0n) is 9.89. The van der Waals surface area contributed by atoms with Crippen LogP contribution in [0.3, 0.4) is 0 Å². The van der Waals surface area contributed by atoms with Gasteiger partial charge in [0, 0.05) is 11.8 Å². The average molecular weight is 312 g/mol.